The van der Waals surface area contributed by atoms with Gasteiger partial charge in [-0.05, 0) is 19.9 Å². The maximum absolute atomic E-state index is 10.9. The van der Waals surface area contributed by atoms with Crippen LogP contribution in [0.4, 0.5) is 0 Å². The van der Waals surface area contributed by atoms with Gasteiger partial charge < -0.3 is 9.69 Å². The molecule has 0 atom stereocenters. The number of hydrogen-bond donors (Lipinski definition) is 0. The van der Waals surface area contributed by atoms with Crippen LogP contribution >= 0.6 is 0 Å². The molecule has 1 rings (SSSR count). The standard InChI is InChI=1S/C13H25NO/c1-13(2,11-15)10-14(3)12-8-6-4-5-7-9-12/h11-12H,4-10H2,1-3H3. The summed E-state index contributed by atoms with van der Waals surface area (Å²) in [7, 11) is 2.17. The van der Waals surface area contributed by atoms with Crippen molar-refractivity contribution in [2.24, 2.45) is 5.41 Å². The summed E-state index contributed by atoms with van der Waals surface area (Å²) in [5, 5.41) is 0. The van der Waals surface area contributed by atoms with Crippen molar-refractivity contribution in [3.8, 4) is 0 Å². The van der Waals surface area contributed by atoms with Gasteiger partial charge in [-0.1, -0.05) is 39.5 Å². The van der Waals surface area contributed by atoms with Crippen LogP contribution in [0, 0.1) is 5.41 Å². The third kappa shape index (κ3) is 4.33. The molecule has 15 heavy (non-hydrogen) atoms. The topological polar surface area (TPSA) is 20.3 Å². The molecule has 0 aromatic heterocycles. The average Bonchev–Trinajstić information content (AvgIpc) is 2.45. The number of rotatable bonds is 4. The average molecular weight is 211 g/mol. The second kappa shape index (κ2) is 5.64. The zero-order chi connectivity index (χ0) is 11.3. The van der Waals surface area contributed by atoms with Crippen LogP contribution in [0.1, 0.15) is 52.4 Å². The molecule has 0 saturated heterocycles. The van der Waals surface area contributed by atoms with E-state index in [4.69, 9.17) is 0 Å². The van der Waals surface area contributed by atoms with Gasteiger partial charge in [0.2, 0.25) is 0 Å². The van der Waals surface area contributed by atoms with Crippen LogP contribution in [-0.2, 0) is 4.79 Å². The van der Waals surface area contributed by atoms with E-state index in [0.717, 1.165) is 12.8 Å². The Morgan fingerprint density at radius 2 is 1.73 bits per heavy atom. The zero-order valence-electron chi connectivity index (χ0n) is 10.5. The molecule has 0 amide bonds. The molecule has 0 aromatic rings. The van der Waals surface area contributed by atoms with Crippen molar-refractivity contribution in [1.29, 1.82) is 0 Å². The fourth-order valence-electron chi connectivity index (χ4n) is 2.51. The Morgan fingerprint density at radius 3 is 2.20 bits per heavy atom. The van der Waals surface area contributed by atoms with Crippen molar-refractivity contribution >= 4 is 6.29 Å². The molecule has 2 nitrogen and oxygen atoms in total. The molecule has 2 heteroatoms. The van der Waals surface area contributed by atoms with E-state index in [1.54, 1.807) is 0 Å². The van der Waals surface area contributed by atoms with Crippen molar-refractivity contribution in [3.63, 3.8) is 0 Å². The number of carbonyl (C=O) groups excluding carboxylic acids is 1. The molecule has 0 spiro atoms. The van der Waals surface area contributed by atoms with Crippen molar-refractivity contribution in [1.82, 2.24) is 4.90 Å². The molecule has 0 bridgehead atoms. The summed E-state index contributed by atoms with van der Waals surface area (Å²) in [6.07, 6.45) is 9.20. The van der Waals surface area contributed by atoms with Gasteiger partial charge in [-0.25, -0.2) is 0 Å². The smallest absolute Gasteiger partial charge is 0.126 e. The summed E-state index contributed by atoms with van der Waals surface area (Å²) >= 11 is 0. The second-order valence-corrected chi connectivity index (χ2v) is 5.67. The molecule has 0 aliphatic heterocycles. The number of aldehydes is 1. The Morgan fingerprint density at radius 1 is 1.20 bits per heavy atom. The van der Waals surface area contributed by atoms with Crippen molar-refractivity contribution in [2.45, 2.75) is 58.4 Å². The lowest BCUT2D eigenvalue weighted by molar-refractivity contribution is -0.115. The van der Waals surface area contributed by atoms with Crippen LogP contribution in [-0.4, -0.2) is 30.8 Å². The lowest BCUT2D eigenvalue weighted by atomic mass is 9.94. The Bertz CT molecular complexity index is 193. The zero-order valence-corrected chi connectivity index (χ0v) is 10.5. The van der Waals surface area contributed by atoms with Gasteiger partial charge in [-0.2, -0.15) is 0 Å². The van der Waals surface area contributed by atoms with E-state index in [-0.39, 0.29) is 5.41 Å². The summed E-state index contributed by atoms with van der Waals surface area (Å²) in [6, 6.07) is 0.701. The van der Waals surface area contributed by atoms with Crippen molar-refractivity contribution in [2.75, 3.05) is 13.6 Å². The first-order valence-corrected chi connectivity index (χ1v) is 6.22. The first-order valence-electron chi connectivity index (χ1n) is 6.22. The van der Waals surface area contributed by atoms with Crippen LogP contribution in [0.25, 0.3) is 0 Å². The molecule has 0 radical (unpaired) electrons. The lowest BCUT2D eigenvalue weighted by Gasteiger charge is -2.32. The monoisotopic (exact) mass is 211 g/mol. The molecule has 0 unspecified atom stereocenters. The molecule has 0 heterocycles. The van der Waals surface area contributed by atoms with Crippen LogP contribution in [0.15, 0.2) is 0 Å². The molecule has 1 aliphatic carbocycles. The Labute approximate surface area is 94.0 Å². The highest BCUT2D eigenvalue weighted by atomic mass is 16.1. The van der Waals surface area contributed by atoms with Gasteiger partial charge in [0.1, 0.15) is 6.29 Å². The van der Waals surface area contributed by atoms with E-state index in [0.29, 0.717) is 6.04 Å². The molecular formula is C13H25NO. The normalized spacial score (nSPS) is 20.3. The van der Waals surface area contributed by atoms with Gasteiger partial charge in [-0.3, -0.25) is 0 Å². The number of hydrogen-bond acceptors (Lipinski definition) is 2. The van der Waals surface area contributed by atoms with Gasteiger partial charge in [0.25, 0.3) is 0 Å². The largest absolute Gasteiger partial charge is 0.303 e. The summed E-state index contributed by atoms with van der Waals surface area (Å²) in [5.41, 5.74) is -0.193. The highest BCUT2D eigenvalue weighted by Gasteiger charge is 2.24. The third-order valence-corrected chi connectivity index (χ3v) is 3.42. The summed E-state index contributed by atoms with van der Waals surface area (Å²) in [4.78, 5) is 13.3. The van der Waals surface area contributed by atoms with E-state index in [9.17, 15) is 4.79 Å². The molecule has 0 aromatic carbocycles. The highest BCUT2D eigenvalue weighted by Crippen LogP contribution is 2.23. The summed E-state index contributed by atoms with van der Waals surface area (Å²) in [5.74, 6) is 0. The van der Waals surface area contributed by atoms with Gasteiger partial charge in [0.05, 0.1) is 0 Å². The van der Waals surface area contributed by atoms with Gasteiger partial charge in [-0.15, -0.1) is 0 Å². The van der Waals surface area contributed by atoms with E-state index in [1.807, 2.05) is 13.8 Å². The third-order valence-electron chi connectivity index (χ3n) is 3.42. The summed E-state index contributed by atoms with van der Waals surface area (Å²) in [6.45, 7) is 4.93. The molecule has 88 valence electrons. The molecular weight excluding hydrogens is 186 g/mol. The lowest BCUT2D eigenvalue weighted by Crippen LogP contribution is -2.39. The first kappa shape index (κ1) is 12.7. The Hall–Kier alpha value is -0.370. The fourth-order valence-corrected chi connectivity index (χ4v) is 2.51. The predicted octanol–water partition coefficient (Wildman–Crippen LogP) is 2.87. The second-order valence-electron chi connectivity index (χ2n) is 5.67. The van der Waals surface area contributed by atoms with E-state index in [1.165, 1.54) is 38.5 Å². The quantitative estimate of drug-likeness (QED) is 0.526. The number of nitrogens with zero attached hydrogens (tertiary/aromatic N) is 1. The maximum atomic E-state index is 10.9. The van der Waals surface area contributed by atoms with Crippen LogP contribution < -0.4 is 0 Å². The Balaban J connectivity index is 2.43. The minimum Gasteiger partial charge on any atom is -0.303 e. The molecule has 1 fully saturated rings. The summed E-state index contributed by atoms with van der Waals surface area (Å²) < 4.78 is 0. The van der Waals surface area contributed by atoms with Crippen molar-refractivity contribution in [3.05, 3.63) is 0 Å². The molecule has 1 saturated carbocycles. The number of carbonyl (C=O) groups is 1. The minimum atomic E-state index is -0.193. The molecule has 1 aliphatic rings. The first-order chi connectivity index (χ1) is 7.05. The fraction of sp³-hybridized carbons (Fsp3) is 0.923. The SMILES string of the molecule is CN(CC(C)(C)C=O)C1CCCCCC1. The van der Waals surface area contributed by atoms with E-state index >= 15 is 0 Å². The van der Waals surface area contributed by atoms with Crippen LogP contribution in [0.2, 0.25) is 0 Å². The minimum absolute atomic E-state index is 0.193. The van der Waals surface area contributed by atoms with E-state index in [2.05, 4.69) is 11.9 Å². The van der Waals surface area contributed by atoms with Gasteiger partial charge in [0.15, 0.2) is 0 Å². The maximum Gasteiger partial charge on any atom is 0.126 e. The van der Waals surface area contributed by atoms with Gasteiger partial charge in [0, 0.05) is 18.0 Å². The van der Waals surface area contributed by atoms with Gasteiger partial charge >= 0.3 is 0 Å². The van der Waals surface area contributed by atoms with Crippen molar-refractivity contribution < 1.29 is 4.79 Å². The van der Waals surface area contributed by atoms with Crippen LogP contribution in [0.5, 0.6) is 0 Å². The van der Waals surface area contributed by atoms with Crippen LogP contribution in [0.3, 0.4) is 0 Å². The Kier molecular flexibility index (Phi) is 4.78. The predicted molar refractivity (Wildman–Crippen MR) is 64.0 cm³/mol. The highest BCUT2D eigenvalue weighted by molar-refractivity contribution is 5.58. The molecule has 0 N–H and O–H groups in total. The van der Waals surface area contributed by atoms with E-state index < -0.39 is 0 Å².